The minimum atomic E-state index is 0.0716. The summed E-state index contributed by atoms with van der Waals surface area (Å²) >= 11 is 3.44. The number of benzene rings is 1. The molecule has 0 radical (unpaired) electrons. The Labute approximate surface area is 128 Å². The van der Waals surface area contributed by atoms with Gasteiger partial charge in [0, 0.05) is 36.6 Å². The van der Waals surface area contributed by atoms with E-state index in [2.05, 4.69) is 61.6 Å². The van der Waals surface area contributed by atoms with Crippen LogP contribution in [0.2, 0.25) is 0 Å². The van der Waals surface area contributed by atoms with Gasteiger partial charge in [0.1, 0.15) is 0 Å². The molecule has 0 saturated heterocycles. The summed E-state index contributed by atoms with van der Waals surface area (Å²) in [7, 11) is 4.06. The van der Waals surface area contributed by atoms with E-state index in [1.165, 1.54) is 5.69 Å². The second-order valence-electron chi connectivity index (χ2n) is 4.92. The molecule has 1 atom stereocenters. The van der Waals surface area contributed by atoms with Crippen molar-refractivity contribution < 1.29 is 0 Å². The quantitative estimate of drug-likeness (QED) is 0.652. The molecule has 0 aliphatic rings. The van der Waals surface area contributed by atoms with Crippen LogP contribution in [0.15, 0.2) is 47.2 Å². The molecule has 0 fully saturated rings. The van der Waals surface area contributed by atoms with Gasteiger partial charge in [-0.2, -0.15) is 0 Å². The normalized spacial score (nSPS) is 12.2. The third kappa shape index (κ3) is 3.79. The van der Waals surface area contributed by atoms with Gasteiger partial charge in [0.2, 0.25) is 0 Å². The highest BCUT2D eigenvalue weighted by molar-refractivity contribution is 9.10. The highest BCUT2D eigenvalue weighted by Gasteiger charge is 2.11. The molecule has 0 aliphatic carbocycles. The van der Waals surface area contributed by atoms with Crippen LogP contribution in [-0.2, 0) is 6.42 Å². The van der Waals surface area contributed by atoms with Gasteiger partial charge in [-0.05, 0) is 51.7 Å². The minimum absolute atomic E-state index is 0.0716. The number of aromatic nitrogens is 1. The third-order valence-corrected chi connectivity index (χ3v) is 3.65. The number of hydrogen-bond acceptors (Lipinski definition) is 4. The largest absolute Gasteiger partial charge is 0.378 e. The Morgan fingerprint density at radius 3 is 2.50 bits per heavy atom. The van der Waals surface area contributed by atoms with E-state index in [4.69, 9.17) is 5.84 Å². The first-order valence-electron chi connectivity index (χ1n) is 6.43. The van der Waals surface area contributed by atoms with E-state index in [1.54, 1.807) is 6.20 Å². The highest BCUT2D eigenvalue weighted by atomic mass is 79.9. The first-order valence-corrected chi connectivity index (χ1v) is 7.22. The van der Waals surface area contributed by atoms with Crippen LogP contribution in [0.1, 0.15) is 17.2 Å². The lowest BCUT2D eigenvalue weighted by atomic mass is 10.00. The molecule has 20 heavy (non-hydrogen) atoms. The Morgan fingerprint density at radius 2 is 1.95 bits per heavy atom. The van der Waals surface area contributed by atoms with Gasteiger partial charge in [-0.3, -0.25) is 16.3 Å². The molecule has 0 amide bonds. The van der Waals surface area contributed by atoms with Crippen LogP contribution in [0.5, 0.6) is 0 Å². The second kappa shape index (κ2) is 6.83. The predicted octanol–water partition coefficient (Wildman–Crippen LogP) is 2.66. The van der Waals surface area contributed by atoms with Gasteiger partial charge >= 0.3 is 0 Å². The van der Waals surface area contributed by atoms with Crippen LogP contribution in [0.4, 0.5) is 5.69 Å². The molecule has 106 valence electrons. The molecular formula is C15H19BrN4. The first-order chi connectivity index (χ1) is 9.60. The summed E-state index contributed by atoms with van der Waals surface area (Å²) in [6, 6.07) is 10.5. The number of nitrogens with two attached hydrogens (primary N) is 1. The standard InChI is InChI=1S/C15H19BrN4/c1-20(2)14-5-3-12(4-6-14)15(19-17)8-11-7-13(16)10-18-9-11/h3-7,9-10,15,19H,8,17H2,1-2H3. The number of halogens is 1. The molecule has 4 nitrogen and oxygen atoms in total. The maximum absolute atomic E-state index is 5.70. The smallest absolute Gasteiger partial charge is 0.0500 e. The zero-order chi connectivity index (χ0) is 14.5. The van der Waals surface area contributed by atoms with Gasteiger partial charge in [0.25, 0.3) is 0 Å². The van der Waals surface area contributed by atoms with Gasteiger partial charge in [0.15, 0.2) is 0 Å². The molecule has 0 saturated carbocycles. The predicted molar refractivity (Wildman–Crippen MR) is 86.5 cm³/mol. The number of pyridine rings is 1. The molecule has 2 aromatic rings. The monoisotopic (exact) mass is 334 g/mol. The van der Waals surface area contributed by atoms with Crippen molar-refractivity contribution in [2.75, 3.05) is 19.0 Å². The average molecular weight is 335 g/mol. The lowest BCUT2D eigenvalue weighted by Gasteiger charge is -2.18. The maximum atomic E-state index is 5.70. The third-order valence-electron chi connectivity index (χ3n) is 3.21. The Bertz CT molecular complexity index is 554. The summed E-state index contributed by atoms with van der Waals surface area (Å²) in [4.78, 5) is 6.26. The van der Waals surface area contributed by atoms with Crippen LogP contribution in [-0.4, -0.2) is 19.1 Å². The lowest BCUT2D eigenvalue weighted by Crippen LogP contribution is -2.29. The zero-order valence-electron chi connectivity index (χ0n) is 11.7. The summed E-state index contributed by atoms with van der Waals surface area (Å²) in [5.74, 6) is 5.70. The van der Waals surface area contributed by atoms with Crippen molar-refractivity contribution in [3.05, 3.63) is 58.3 Å². The summed E-state index contributed by atoms with van der Waals surface area (Å²) in [5.41, 5.74) is 6.36. The van der Waals surface area contributed by atoms with E-state index < -0.39 is 0 Å². The van der Waals surface area contributed by atoms with Crippen molar-refractivity contribution in [3.8, 4) is 0 Å². The molecule has 1 unspecified atom stereocenters. The fourth-order valence-corrected chi connectivity index (χ4v) is 2.49. The summed E-state index contributed by atoms with van der Waals surface area (Å²) < 4.78 is 0.980. The Kier molecular flexibility index (Phi) is 5.11. The number of nitrogens with one attached hydrogen (secondary N) is 1. The first kappa shape index (κ1) is 15.0. The van der Waals surface area contributed by atoms with E-state index in [0.717, 1.165) is 22.0 Å². The Hall–Kier alpha value is -1.43. The molecule has 1 aromatic heterocycles. The van der Waals surface area contributed by atoms with Crippen molar-refractivity contribution in [3.63, 3.8) is 0 Å². The summed E-state index contributed by atoms with van der Waals surface area (Å²) in [6.45, 7) is 0. The van der Waals surface area contributed by atoms with Crippen molar-refractivity contribution in [2.24, 2.45) is 5.84 Å². The number of hydrogen-bond donors (Lipinski definition) is 2. The Morgan fingerprint density at radius 1 is 1.25 bits per heavy atom. The van der Waals surface area contributed by atoms with Crippen LogP contribution in [0.25, 0.3) is 0 Å². The average Bonchev–Trinajstić information content (AvgIpc) is 2.45. The van der Waals surface area contributed by atoms with E-state index in [0.29, 0.717) is 0 Å². The van der Waals surface area contributed by atoms with Crippen molar-refractivity contribution in [2.45, 2.75) is 12.5 Å². The molecule has 0 spiro atoms. The molecule has 5 heteroatoms. The molecule has 2 rings (SSSR count). The molecule has 0 aliphatic heterocycles. The number of nitrogens with zero attached hydrogens (tertiary/aromatic N) is 2. The number of rotatable bonds is 5. The van der Waals surface area contributed by atoms with Crippen LogP contribution < -0.4 is 16.2 Å². The number of anilines is 1. The van der Waals surface area contributed by atoms with Crippen molar-refractivity contribution >= 4 is 21.6 Å². The van der Waals surface area contributed by atoms with E-state index in [1.807, 2.05) is 20.3 Å². The SMILES string of the molecule is CN(C)c1ccc(C(Cc2cncc(Br)c2)NN)cc1. The van der Waals surface area contributed by atoms with Crippen molar-refractivity contribution in [1.29, 1.82) is 0 Å². The number of hydrazine groups is 1. The summed E-state index contributed by atoms with van der Waals surface area (Å²) in [6.07, 6.45) is 4.44. The van der Waals surface area contributed by atoms with E-state index in [-0.39, 0.29) is 6.04 Å². The Balaban J connectivity index is 2.15. The lowest BCUT2D eigenvalue weighted by molar-refractivity contribution is 0.551. The minimum Gasteiger partial charge on any atom is -0.378 e. The van der Waals surface area contributed by atoms with E-state index >= 15 is 0 Å². The highest BCUT2D eigenvalue weighted by Crippen LogP contribution is 2.21. The van der Waals surface area contributed by atoms with E-state index in [9.17, 15) is 0 Å². The van der Waals surface area contributed by atoms with Gasteiger partial charge in [-0.25, -0.2) is 0 Å². The van der Waals surface area contributed by atoms with Gasteiger partial charge in [-0.1, -0.05) is 12.1 Å². The zero-order valence-corrected chi connectivity index (χ0v) is 13.3. The molecular weight excluding hydrogens is 316 g/mol. The van der Waals surface area contributed by atoms with Crippen LogP contribution in [0.3, 0.4) is 0 Å². The topological polar surface area (TPSA) is 54.2 Å². The fourth-order valence-electron chi connectivity index (χ4n) is 2.08. The second-order valence-corrected chi connectivity index (χ2v) is 5.84. The maximum Gasteiger partial charge on any atom is 0.0500 e. The van der Waals surface area contributed by atoms with Crippen molar-refractivity contribution in [1.82, 2.24) is 10.4 Å². The van der Waals surface area contributed by atoms with Gasteiger partial charge < -0.3 is 4.90 Å². The van der Waals surface area contributed by atoms with Gasteiger partial charge in [0.05, 0.1) is 6.04 Å². The summed E-state index contributed by atoms with van der Waals surface area (Å²) in [5, 5.41) is 0. The van der Waals surface area contributed by atoms with Gasteiger partial charge in [-0.15, -0.1) is 0 Å². The molecule has 0 bridgehead atoms. The fraction of sp³-hybridized carbons (Fsp3) is 0.267. The molecule has 1 heterocycles. The molecule has 3 N–H and O–H groups in total. The van der Waals surface area contributed by atoms with Crippen LogP contribution in [0, 0.1) is 0 Å². The van der Waals surface area contributed by atoms with Crippen LogP contribution >= 0.6 is 15.9 Å². The molecule has 1 aromatic carbocycles.